The van der Waals surface area contributed by atoms with E-state index in [1.807, 2.05) is 24.3 Å². The van der Waals surface area contributed by atoms with Crippen molar-refractivity contribution in [2.24, 2.45) is 0 Å². The predicted molar refractivity (Wildman–Crippen MR) is 85.4 cm³/mol. The molecule has 106 valence electrons. The summed E-state index contributed by atoms with van der Waals surface area (Å²) in [6, 6.07) is 13.9. The van der Waals surface area contributed by atoms with Gasteiger partial charge in [-0.1, -0.05) is 47.1 Å². The maximum Gasteiger partial charge on any atom is 0.126 e. The summed E-state index contributed by atoms with van der Waals surface area (Å²) in [5.41, 5.74) is 3.08. The fourth-order valence-electron chi connectivity index (χ4n) is 2.34. The molecule has 0 saturated carbocycles. The molecule has 0 radical (unpaired) electrons. The van der Waals surface area contributed by atoms with Crippen LogP contribution >= 0.6 is 15.9 Å². The van der Waals surface area contributed by atoms with Crippen LogP contribution in [0.5, 0.6) is 0 Å². The Kier molecular flexibility index (Phi) is 5.32. The van der Waals surface area contributed by atoms with E-state index in [0.717, 1.165) is 23.0 Å². The van der Waals surface area contributed by atoms with Gasteiger partial charge >= 0.3 is 0 Å². The van der Waals surface area contributed by atoms with Crippen molar-refractivity contribution in [2.45, 2.75) is 26.3 Å². The second kappa shape index (κ2) is 7.00. The SMILES string of the molecule is CCNC(Cc1cccc(Br)c1)c1ccc(F)c(C)c1. The van der Waals surface area contributed by atoms with E-state index in [9.17, 15) is 4.39 Å². The van der Waals surface area contributed by atoms with Crippen molar-refractivity contribution in [1.82, 2.24) is 5.32 Å². The number of aryl methyl sites for hydroxylation is 1. The van der Waals surface area contributed by atoms with Crippen molar-refractivity contribution in [1.29, 1.82) is 0 Å². The summed E-state index contributed by atoms with van der Waals surface area (Å²) in [6.45, 7) is 4.78. The quantitative estimate of drug-likeness (QED) is 0.828. The monoisotopic (exact) mass is 335 g/mol. The van der Waals surface area contributed by atoms with E-state index in [0.29, 0.717) is 5.56 Å². The molecule has 0 spiro atoms. The maximum atomic E-state index is 13.4. The van der Waals surface area contributed by atoms with E-state index in [1.54, 1.807) is 13.0 Å². The average Bonchev–Trinajstić information content (AvgIpc) is 2.41. The van der Waals surface area contributed by atoms with Gasteiger partial charge in [-0.15, -0.1) is 0 Å². The van der Waals surface area contributed by atoms with Gasteiger partial charge in [0.15, 0.2) is 0 Å². The molecule has 0 aromatic heterocycles. The highest BCUT2D eigenvalue weighted by Crippen LogP contribution is 2.22. The highest BCUT2D eigenvalue weighted by molar-refractivity contribution is 9.10. The van der Waals surface area contributed by atoms with Crippen molar-refractivity contribution in [2.75, 3.05) is 6.54 Å². The molecule has 2 rings (SSSR count). The number of hydrogen-bond donors (Lipinski definition) is 1. The van der Waals surface area contributed by atoms with Gasteiger partial charge < -0.3 is 5.32 Å². The smallest absolute Gasteiger partial charge is 0.126 e. The molecule has 0 aliphatic heterocycles. The van der Waals surface area contributed by atoms with E-state index in [4.69, 9.17) is 0 Å². The first kappa shape index (κ1) is 15.2. The predicted octanol–water partition coefficient (Wildman–Crippen LogP) is 4.79. The van der Waals surface area contributed by atoms with Gasteiger partial charge in [0.1, 0.15) is 5.82 Å². The molecule has 2 aromatic rings. The topological polar surface area (TPSA) is 12.0 Å². The highest BCUT2D eigenvalue weighted by atomic mass is 79.9. The number of likely N-dealkylation sites (N-methyl/N-ethyl adjacent to an activating group) is 1. The Morgan fingerprint density at radius 3 is 2.65 bits per heavy atom. The standard InChI is InChI=1S/C17H19BrFN/c1-3-20-17(11-13-5-4-6-15(18)10-13)14-7-8-16(19)12(2)9-14/h4-10,17,20H,3,11H2,1-2H3. The van der Waals surface area contributed by atoms with E-state index < -0.39 is 0 Å². The second-order valence-electron chi connectivity index (χ2n) is 4.95. The van der Waals surface area contributed by atoms with Crippen molar-refractivity contribution in [3.8, 4) is 0 Å². The Balaban J connectivity index is 2.24. The van der Waals surface area contributed by atoms with Crippen LogP contribution < -0.4 is 5.32 Å². The van der Waals surface area contributed by atoms with Gasteiger partial charge in [-0.05, 0) is 54.8 Å². The Morgan fingerprint density at radius 2 is 2.00 bits per heavy atom. The number of benzene rings is 2. The number of halogens is 2. The highest BCUT2D eigenvalue weighted by Gasteiger charge is 2.12. The number of hydrogen-bond acceptors (Lipinski definition) is 1. The van der Waals surface area contributed by atoms with Gasteiger partial charge in [-0.25, -0.2) is 4.39 Å². The lowest BCUT2D eigenvalue weighted by Crippen LogP contribution is -2.23. The van der Waals surface area contributed by atoms with Crippen LogP contribution in [0.1, 0.15) is 29.7 Å². The third-order valence-corrected chi connectivity index (χ3v) is 3.86. The normalized spacial score (nSPS) is 12.4. The Labute approximate surface area is 128 Å². The van der Waals surface area contributed by atoms with Crippen LogP contribution in [-0.2, 0) is 6.42 Å². The molecule has 0 fully saturated rings. The minimum Gasteiger partial charge on any atom is -0.310 e. The Morgan fingerprint density at radius 1 is 1.20 bits per heavy atom. The molecule has 0 amide bonds. The number of rotatable bonds is 5. The van der Waals surface area contributed by atoms with Gasteiger partial charge in [-0.2, -0.15) is 0 Å². The van der Waals surface area contributed by atoms with E-state index >= 15 is 0 Å². The summed E-state index contributed by atoms with van der Waals surface area (Å²) in [4.78, 5) is 0. The van der Waals surface area contributed by atoms with Gasteiger partial charge in [0.2, 0.25) is 0 Å². The fraction of sp³-hybridized carbons (Fsp3) is 0.294. The summed E-state index contributed by atoms with van der Waals surface area (Å²) in [7, 11) is 0. The Hall–Kier alpha value is -1.19. The van der Waals surface area contributed by atoms with Crippen LogP contribution in [0, 0.1) is 12.7 Å². The van der Waals surface area contributed by atoms with Crippen LogP contribution in [0.25, 0.3) is 0 Å². The maximum absolute atomic E-state index is 13.4. The molecule has 1 atom stereocenters. The molecular weight excluding hydrogens is 317 g/mol. The van der Waals surface area contributed by atoms with Gasteiger partial charge in [0.25, 0.3) is 0 Å². The third-order valence-electron chi connectivity index (χ3n) is 3.36. The molecule has 3 heteroatoms. The van der Waals surface area contributed by atoms with E-state index in [2.05, 4.69) is 40.3 Å². The van der Waals surface area contributed by atoms with E-state index in [-0.39, 0.29) is 11.9 Å². The average molecular weight is 336 g/mol. The summed E-state index contributed by atoms with van der Waals surface area (Å²) in [5.74, 6) is -0.147. The molecule has 1 N–H and O–H groups in total. The fourth-order valence-corrected chi connectivity index (χ4v) is 2.79. The van der Waals surface area contributed by atoms with Crippen molar-refractivity contribution in [3.63, 3.8) is 0 Å². The van der Waals surface area contributed by atoms with Crippen LogP contribution in [0.2, 0.25) is 0 Å². The van der Waals surface area contributed by atoms with Gasteiger partial charge in [-0.3, -0.25) is 0 Å². The van der Waals surface area contributed by atoms with Crippen LogP contribution in [0.3, 0.4) is 0 Å². The van der Waals surface area contributed by atoms with Crippen LogP contribution in [0.4, 0.5) is 4.39 Å². The summed E-state index contributed by atoms with van der Waals surface area (Å²) in [5, 5.41) is 3.48. The first-order valence-electron chi connectivity index (χ1n) is 6.84. The molecule has 0 bridgehead atoms. The van der Waals surface area contributed by atoms with Crippen LogP contribution in [-0.4, -0.2) is 6.54 Å². The van der Waals surface area contributed by atoms with E-state index in [1.165, 1.54) is 5.56 Å². The molecule has 0 aliphatic rings. The minimum absolute atomic E-state index is 0.147. The second-order valence-corrected chi connectivity index (χ2v) is 5.87. The molecule has 1 nitrogen and oxygen atoms in total. The first-order chi connectivity index (χ1) is 9.60. The summed E-state index contributed by atoms with van der Waals surface area (Å²) in [6.07, 6.45) is 0.887. The summed E-state index contributed by atoms with van der Waals surface area (Å²) < 4.78 is 14.5. The molecule has 0 aliphatic carbocycles. The number of nitrogens with one attached hydrogen (secondary N) is 1. The zero-order valence-electron chi connectivity index (χ0n) is 11.8. The Bertz CT molecular complexity index is 583. The van der Waals surface area contributed by atoms with Crippen molar-refractivity contribution in [3.05, 3.63) is 69.4 Å². The first-order valence-corrected chi connectivity index (χ1v) is 7.63. The van der Waals surface area contributed by atoms with Crippen LogP contribution in [0.15, 0.2) is 46.9 Å². The third kappa shape index (κ3) is 3.90. The molecule has 0 saturated heterocycles. The lowest BCUT2D eigenvalue weighted by molar-refractivity contribution is 0.546. The zero-order chi connectivity index (χ0) is 14.5. The van der Waals surface area contributed by atoms with Gasteiger partial charge in [0.05, 0.1) is 0 Å². The zero-order valence-corrected chi connectivity index (χ0v) is 13.4. The lowest BCUT2D eigenvalue weighted by Gasteiger charge is -2.19. The van der Waals surface area contributed by atoms with Crippen molar-refractivity contribution < 1.29 is 4.39 Å². The lowest BCUT2D eigenvalue weighted by atomic mass is 9.97. The largest absolute Gasteiger partial charge is 0.310 e. The van der Waals surface area contributed by atoms with Gasteiger partial charge in [0, 0.05) is 10.5 Å². The molecule has 0 heterocycles. The molecule has 2 aromatic carbocycles. The molecule has 1 unspecified atom stereocenters. The molecular formula is C17H19BrFN. The van der Waals surface area contributed by atoms with Crippen molar-refractivity contribution >= 4 is 15.9 Å². The molecule has 20 heavy (non-hydrogen) atoms. The minimum atomic E-state index is -0.147. The summed E-state index contributed by atoms with van der Waals surface area (Å²) >= 11 is 3.50.